The number of esters is 1. The summed E-state index contributed by atoms with van der Waals surface area (Å²) >= 11 is 0. The first-order valence-electron chi connectivity index (χ1n) is 3.61. The predicted octanol–water partition coefficient (Wildman–Crippen LogP) is 1.52. The molecule has 2 heteroatoms. The minimum absolute atomic E-state index is 0.210. The average Bonchev–Trinajstić information content (AvgIpc) is 2.20. The van der Waals surface area contributed by atoms with Gasteiger partial charge in [0.15, 0.2) is 0 Å². The van der Waals surface area contributed by atoms with Gasteiger partial charge < -0.3 is 4.74 Å². The topological polar surface area (TPSA) is 26.3 Å². The molecule has 0 aromatic rings. The van der Waals surface area contributed by atoms with Crippen LogP contribution in [0.25, 0.3) is 0 Å². The van der Waals surface area contributed by atoms with Crippen molar-refractivity contribution in [1.82, 2.24) is 0 Å². The summed E-state index contributed by atoms with van der Waals surface area (Å²) in [4.78, 5) is 10.7. The highest BCUT2D eigenvalue weighted by Gasteiger charge is 2.27. The summed E-state index contributed by atoms with van der Waals surface area (Å²) in [5.41, 5.74) is 0.654. The van der Waals surface area contributed by atoms with E-state index in [0.717, 1.165) is 12.8 Å². The van der Waals surface area contributed by atoms with Crippen LogP contribution in [0.2, 0.25) is 0 Å². The van der Waals surface area contributed by atoms with E-state index < -0.39 is 0 Å². The Kier molecular flexibility index (Phi) is 2.10. The number of cyclic esters (lactones) is 1. The molecule has 1 unspecified atom stereocenters. The van der Waals surface area contributed by atoms with Gasteiger partial charge in [-0.2, -0.15) is 0 Å². The Morgan fingerprint density at radius 2 is 2.50 bits per heavy atom. The van der Waals surface area contributed by atoms with E-state index in [1.54, 1.807) is 0 Å². The molecule has 1 atom stereocenters. The van der Waals surface area contributed by atoms with E-state index in [1.807, 2.05) is 0 Å². The van der Waals surface area contributed by atoms with E-state index in [4.69, 9.17) is 4.74 Å². The first kappa shape index (κ1) is 7.32. The van der Waals surface area contributed by atoms with E-state index in [-0.39, 0.29) is 11.9 Å². The molecule has 1 fully saturated rings. The number of hydrogen-bond acceptors (Lipinski definition) is 2. The maximum absolute atomic E-state index is 10.7. The van der Waals surface area contributed by atoms with Crippen LogP contribution >= 0.6 is 0 Å². The maximum Gasteiger partial charge on any atom is 0.333 e. The minimum atomic E-state index is -0.210. The van der Waals surface area contributed by atoms with Crippen LogP contribution in [-0.4, -0.2) is 12.6 Å². The molecule has 1 heterocycles. The fourth-order valence-corrected chi connectivity index (χ4v) is 1.14. The molecule has 1 rings (SSSR count). The standard InChI is InChI=1S/C8H12O2/c1-3-4-7-5-10-8(9)6(7)2/h7H,2-5H2,1H3. The van der Waals surface area contributed by atoms with Crippen molar-refractivity contribution in [3.8, 4) is 0 Å². The molecule has 56 valence electrons. The Bertz CT molecular complexity index is 161. The normalized spacial score (nSPS) is 25.1. The lowest BCUT2D eigenvalue weighted by Gasteiger charge is -2.02. The molecule has 1 aliphatic rings. The lowest BCUT2D eigenvalue weighted by atomic mass is 9.99. The monoisotopic (exact) mass is 140 g/mol. The van der Waals surface area contributed by atoms with Gasteiger partial charge in [0.2, 0.25) is 0 Å². The van der Waals surface area contributed by atoms with Gasteiger partial charge in [0.25, 0.3) is 0 Å². The summed E-state index contributed by atoms with van der Waals surface area (Å²) in [6.07, 6.45) is 2.10. The van der Waals surface area contributed by atoms with Crippen molar-refractivity contribution in [2.75, 3.05) is 6.61 Å². The van der Waals surface area contributed by atoms with Gasteiger partial charge in [-0.3, -0.25) is 0 Å². The third kappa shape index (κ3) is 1.20. The molecule has 1 aliphatic heterocycles. The first-order chi connectivity index (χ1) is 4.75. The molecule has 0 spiro atoms. The van der Waals surface area contributed by atoms with Crippen LogP contribution < -0.4 is 0 Å². The Balaban J connectivity index is 2.49. The highest BCUT2D eigenvalue weighted by molar-refractivity contribution is 5.90. The van der Waals surface area contributed by atoms with Crippen molar-refractivity contribution in [3.63, 3.8) is 0 Å². The van der Waals surface area contributed by atoms with Crippen LogP contribution in [0.3, 0.4) is 0 Å². The van der Waals surface area contributed by atoms with E-state index >= 15 is 0 Å². The second-order valence-electron chi connectivity index (χ2n) is 2.61. The fourth-order valence-electron chi connectivity index (χ4n) is 1.14. The van der Waals surface area contributed by atoms with E-state index in [2.05, 4.69) is 13.5 Å². The molecule has 0 N–H and O–H groups in total. The zero-order valence-electron chi connectivity index (χ0n) is 6.22. The highest BCUT2D eigenvalue weighted by Crippen LogP contribution is 2.23. The van der Waals surface area contributed by atoms with Gasteiger partial charge in [-0.15, -0.1) is 0 Å². The summed E-state index contributed by atoms with van der Waals surface area (Å²) in [5.74, 6) is 0.0796. The Morgan fingerprint density at radius 1 is 1.80 bits per heavy atom. The predicted molar refractivity (Wildman–Crippen MR) is 38.5 cm³/mol. The van der Waals surface area contributed by atoms with Gasteiger partial charge in [-0.1, -0.05) is 19.9 Å². The van der Waals surface area contributed by atoms with Crippen molar-refractivity contribution in [2.45, 2.75) is 19.8 Å². The van der Waals surface area contributed by atoms with Crippen molar-refractivity contribution in [3.05, 3.63) is 12.2 Å². The lowest BCUT2D eigenvalue weighted by Crippen LogP contribution is -2.00. The molecule has 0 saturated carbocycles. The molecular weight excluding hydrogens is 128 g/mol. The fraction of sp³-hybridized carbons (Fsp3) is 0.625. The highest BCUT2D eigenvalue weighted by atomic mass is 16.5. The van der Waals surface area contributed by atoms with Crippen LogP contribution in [-0.2, 0) is 9.53 Å². The number of rotatable bonds is 2. The van der Waals surface area contributed by atoms with Crippen LogP contribution in [0.5, 0.6) is 0 Å². The van der Waals surface area contributed by atoms with Gasteiger partial charge in [0.05, 0.1) is 6.61 Å². The molecule has 10 heavy (non-hydrogen) atoms. The number of hydrogen-bond donors (Lipinski definition) is 0. The zero-order chi connectivity index (χ0) is 7.56. The van der Waals surface area contributed by atoms with Crippen LogP contribution in [0, 0.1) is 5.92 Å². The Hall–Kier alpha value is -0.790. The quantitative estimate of drug-likeness (QED) is 0.429. The molecule has 0 aromatic heterocycles. The summed E-state index contributed by atoms with van der Waals surface area (Å²) in [5, 5.41) is 0. The van der Waals surface area contributed by atoms with Crippen LogP contribution in [0.4, 0.5) is 0 Å². The third-order valence-electron chi connectivity index (χ3n) is 1.81. The molecule has 0 aliphatic carbocycles. The summed E-state index contributed by atoms with van der Waals surface area (Å²) in [7, 11) is 0. The van der Waals surface area contributed by atoms with Gasteiger partial charge in [-0.25, -0.2) is 4.79 Å². The second-order valence-corrected chi connectivity index (χ2v) is 2.61. The van der Waals surface area contributed by atoms with Gasteiger partial charge >= 0.3 is 5.97 Å². The zero-order valence-corrected chi connectivity index (χ0v) is 6.22. The molecule has 0 radical (unpaired) electrons. The number of carbonyl (C=O) groups excluding carboxylic acids is 1. The van der Waals surface area contributed by atoms with Crippen molar-refractivity contribution >= 4 is 5.97 Å². The number of ether oxygens (including phenoxy) is 1. The third-order valence-corrected chi connectivity index (χ3v) is 1.81. The molecule has 0 aromatic carbocycles. The smallest absolute Gasteiger partial charge is 0.333 e. The molecule has 0 bridgehead atoms. The van der Waals surface area contributed by atoms with Crippen molar-refractivity contribution < 1.29 is 9.53 Å². The summed E-state index contributed by atoms with van der Waals surface area (Å²) in [6.45, 7) is 6.30. The summed E-state index contributed by atoms with van der Waals surface area (Å²) < 4.78 is 4.79. The van der Waals surface area contributed by atoms with E-state index in [0.29, 0.717) is 12.2 Å². The second kappa shape index (κ2) is 2.86. The maximum atomic E-state index is 10.7. The molecule has 0 amide bonds. The van der Waals surface area contributed by atoms with E-state index in [9.17, 15) is 4.79 Å². The van der Waals surface area contributed by atoms with Crippen LogP contribution in [0.1, 0.15) is 19.8 Å². The van der Waals surface area contributed by atoms with Crippen molar-refractivity contribution in [2.24, 2.45) is 5.92 Å². The minimum Gasteiger partial charge on any atom is -0.462 e. The average molecular weight is 140 g/mol. The van der Waals surface area contributed by atoms with E-state index in [1.165, 1.54) is 0 Å². The van der Waals surface area contributed by atoms with Gasteiger partial charge in [0.1, 0.15) is 0 Å². The van der Waals surface area contributed by atoms with Gasteiger partial charge in [0, 0.05) is 11.5 Å². The number of carbonyl (C=O) groups is 1. The molecule has 2 nitrogen and oxygen atoms in total. The Morgan fingerprint density at radius 3 is 2.90 bits per heavy atom. The molecule has 1 saturated heterocycles. The molecular formula is C8H12O2. The first-order valence-corrected chi connectivity index (χ1v) is 3.61. The Labute approximate surface area is 60.9 Å². The van der Waals surface area contributed by atoms with Crippen LogP contribution in [0.15, 0.2) is 12.2 Å². The lowest BCUT2D eigenvalue weighted by molar-refractivity contribution is -0.135. The largest absolute Gasteiger partial charge is 0.462 e. The summed E-state index contributed by atoms with van der Waals surface area (Å²) in [6, 6.07) is 0. The SMILES string of the molecule is C=C1C(=O)OCC1CCC. The van der Waals surface area contributed by atoms with Crippen molar-refractivity contribution in [1.29, 1.82) is 0 Å². The van der Waals surface area contributed by atoms with Gasteiger partial charge in [-0.05, 0) is 6.42 Å².